The highest BCUT2D eigenvalue weighted by Gasteiger charge is 2.15. The Morgan fingerprint density at radius 1 is 1.09 bits per heavy atom. The fourth-order valence-electron chi connectivity index (χ4n) is 2.15. The molecule has 0 aliphatic carbocycles. The minimum atomic E-state index is -3.64. The highest BCUT2D eigenvalue weighted by atomic mass is 32.2. The highest BCUT2D eigenvalue weighted by Crippen LogP contribution is 2.16. The van der Waals surface area contributed by atoms with Gasteiger partial charge in [0.1, 0.15) is 0 Å². The molecule has 2 aromatic carbocycles. The van der Waals surface area contributed by atoms with Crippen LogP contribution in [0.1, 0.15) is 5.56 Å². The largest absolute Gasteiger partial charge is 0.417 e. The Labute approximate surface area is 126 Å². The van der Waals surface area contributed by atoms with Crippen LogP contribution in [0.25, 0.3) is 11.1 Å². The first kappa shape index (κ1) is 14.6. The summed E-state index contributed by atoms with van der Waals surface area (Å²) in [5.74, 6) is -0.610. The standard InChI is InChI=1S/C15H14N2O4S/c18-15-17-13-7-6-12(10-14(13)21-15)22(19,20)16-9-8-11-4-2-1-3-5-11/h1-7,10,16H,8-9H2,(H,17,18). The van der Waals surface area contributed by atoms with E-state index in [1.807, 2.05) is 30.3 Å². The molecule has 0 atom stereocenters. The summed E-state index contributed by atoms with van der Waals surface area (Å²) in [7, 11) is -3.64. The first-order valence-electron chi connectivity index (χ1n) is 6.71. The van der Waals surface area contributed by atoms with Gasteiger partial charge in [0.2, 0.25) is 10.0 Å². The van der Waals surface area contributed by atoms with E-state index in [2.05, 4.69) is 9.71 Å². The normalized spacial score (nSPS) is 11.8. The van der Waals surface area contributed by atoms with Crippen molar-refractivity contribution in [3.05, 3.63) is 64.6 Å². The van der Waals surface area contributed by atoms with E-state index in [4.69, 9.17) is 4.42 Å². The van der Waals surface area contributed by atoms with Gasteiger partial charge < -0.3 is 4.42 Å². The molecule has 0 saturated carbocycles. The number of hydrogen-bond donors (Lipinski definition) is 2. The Morgan fingerprint density at radius 3 is 2.64 bits per heavy atom. The Balaban J connectivity index is 1.75. The molecule has 3 aromatic rings. The van der Waals surface area contributed by atoms with Gasteiger partial charge in [0.15, 0.2) is 5.58 Å². The highest BCUT2D eigenvalue weighted by molar-refractivity contribution is 7.89. The van der Waals surface area contributed by atoms with Gasteiger partial charge >= 0.3 is 5.76 Å². The summed E-state index contributed by atoms with van der Waals surface area (Å²) in [6, 6.07) is 13.9. The van der Waals surface area contributed by atoms with E-state index in [1.54, 1.807) is 0 Å². The Bertz CT molecular complexity index is 942. The van der Waals surface area contributed by atoms with Crippen molar-refractivity contribution in [3.8, 4) is 0 Å². The third-order valence-corrected chi connectivity index (χ3v) is 4.71. The number of H-pyrrole nitrogens is 1. The molecule has 22 heavy (non-hydrogen) atoms. The van der Waals surface area contributed by atoms with Crippen LogP contribution in [0.2, 0.25) is 0 Å². The Hall–Kier alpha value is -2.38. The number of nitrogens with one attached hydrogen (secondary N) is 2. The molecule has 0 spiro atoms. The molecule has 0 unspecified atom stereocenters. The average Bonchev–Trinajstić information content (AvgIpc) is 2.87. The molecule has 7 heteroatoms. The van der Waals surface area contributed by atoms with Gasteiger partial charge in [0.05, 0.1) is 10.4 Å². The molecule has 0 radical (unpaired) electrons. The lowest BCUT2D eigenvalue weighted by Gasteiger charge is -2.06. The third-order valence-electron chi connectivity index (χ3n) is 3.25. The van der Waals surface area contributed by atoms with Crippen LogP contribution in [0.3, 0.4) is 0 Å². The second kappa shape index (κ2) is 5.78. The lowest BCUT2D eigenvalue weighted by atomic mass is 10.2. The Morgan fingerprint density at radius 2 is 1.86 bits per heavy atom. The summed E-state index contributed by atoms with van der Waals surface area (Å²) in [6.07, 6.45) is 0.599. The maximum absolute atomic E-state index is 12.2. The Kier molecular flexibility index (Phi) is 3.82. The van der Waals surface area contributed by atoms with E-state index < -0.39 is 15.8 Å². The summed E-state index contributed by atoms with van der Waals surface area (Å²) in [5.41, 5.74) is 1.74. The molecule has 1 aromatic heterocycles. The van der Waals surface area contributed by atoms with E-state index in [1.165, 1.54) is 18.2 Å². The van der Waals surface area contributed by atoms with Crippen molar-refractivity contribution >= 4 is 21.1 Å². The summed E-state index contributed by atoms with van der Waals surface area (Å²) in [4.78, 5) is 13.6. The van der Waals surface area contributed by atoms with Gasteiger partial charge in [-0.2, -0.15) is 0 Å². The number of aromatic amines is 1. The van der Waals surface area contributed by atoms with Gasteiger partial charge in [0.25, 0.3) is 0 Å². The zero-order valence-electron chi connectivity index (χ0n) is 11.6. The number of hydrogen-bond acceptors (Lipinski definition) is 4. The second-order valence-electron chi connectivity index (χ2n) is 4.81. The van der Waals surface area contributed by atoms with Crippen LogP contribution in [0.5, 0.6) is 0 Å². The fraction of sp³-hybridized carbons (Fsp3) is 0.133. The topological polar surface area (TPSA) is 92.2 Å². The van der Waals surface area contributed by atoms with Crippen molar-refractivity contribution < 1.29 is 12.8 Å². The van der Waals surface area contributed by atoms with E-state index in [0.29, 0.717) is 18.5 Å². The molecule has 6 nitrogen and oxygen atoms in total. The van der Waals surface area contributed by atoms with E-state index >= 15 is 0 Å². The van der Waals surface area contributed by atoms with Gasteiger partial charge in [-0.3, -0.25) is 4.98 Å². The van der Waals surface area contributed by atoms with Crippen LogP contribution in [-0.4, -0.2) is 19.9 Å². The molecular weight excluding hydrogens is 304 g/mol. The molecular formula is C15H14N2O4S. The van der Waals surface area contributed by atoms with Crippen molar-refractivity contribution in [2.75, 3.05) is 6.54 Å². The van der Waals surface area contributed by atoms with Crippen LogP contribution in [0.4, 0.5) is 0 Å². The van der Waals surface area contributed by atoms with Crippen molar-refractivity contribution in [2.24, 2.45) is 0 Å². The number of benzene rings is 2. The SMILES string of the molecule is O=c1[nH]c2ccc(S(=O)(=O)NCCc3ccccc3)cc2o1. The van der Waals surface area contributed by atoms with Crippen LogP contribution >= 0.6 is 0 Å². The quantitative estimate of drug-likeness (QED) is 0.748. The molecule has 0 fully saturated rings. The molecule has 0 aliphatic heterocycles. The van der Waals surface area contributed by atoms with Crippen molar-refractivity contribution in [1.29, 1.82) is 0 Å². The van der Waals surface area contributed by atoms with Gasteiger partial charge in [-0.15, -0.1) is 0 Å². The maximum atomic E-state index is 12.2. The number of aromatic nitrogens is 1. The van der Waals surface area contributed by atoms with Gasteiger partial charge in [-0.25, -0.2) is 17.9 Å². The average molecular weight is 318 g/mol. The summed E-state index contributed by atoms with van der Waals surface area (Å²) >= 11 is 0. The molecule has 114 valence electrons. The molecule has 0 amide bonds. The van der Waals surface area contributed by atoms with E-state index in [-0.39, 0.29) is 10.5 Å². The first-order chi connectivity index (χ1) is 10.5. The second-order valence-corrected chi connectivity index (χ2v) is 6.57. The van der Waals surface area contributed by atoms with Crippen LogP contribution in [0.15, 0.2) is 62.6 Å². The molecule has 3 rings (SSSR count). The van der Waals surface area contributed by atoms with Crippen molar-refractivity contribution in [1.82, 2.24) is 9.71 Å². The van der Waals surface area contributed by atoms with Crippen molar-refractivity contribution in [3.63, 3.8) is 0 Å². The molecule has 0 bridgehead atoms. The van der Waals surface area contributed by atoms with Gasteiger partial charge in [0, 0.05) is 12.6 Å². The number of oxazole rings is 1. The number of fused-ring (bicyclic) bond motifs is 1. The molecule has 0 aliphatic rings. The van der Waals surface area contributed by atoms with E-state index in [9.17, 15) is 13.2 Å². The first-order valence-corrected chi connectivity index (χ1v) is 8.19. The smallest absolute Gasteiger partial charge is 0.408 e. The van der Waals surface area contributed by atoms with Crippen LogP contribution in [0, 0.1) is 0 Å². The summed E-state index contributed by atoms with van der Waals surface area (Å²) < 4.78 is 31.9. The summed E-state index contributed by atoms with van der Waals surface area (Å²) in [5, 5.41) is 0. The predicted molar refractivity (Wildman–Crippen MR) is 82.2 cm³/mol. The fourth-order valence-corrected chi connectivity index (χ4v) is 3.20. The number of sulfonamides is 1. The lowest BCUT2D eigenvalue weighted by Crippen LogP contribution is -2.25. The number of rotatable bonds is 5. The molecule has 2 N–H and O–H groups in total. The zero-order chi connectivity index (χ0) is 15.6. The van der Waals surface area contributed by atoms with E-state index in [0.717, 1.165) is 5.56 Å². The lowest BCUT2D eigenvalue weighted by molar-refractivity contribution is 0.553. The molecule has 1 heterocycles. The molecule has 0 saturated heterocycles. The summed E-state index contributed by atoms with van der Waals surface area (Å²) in [6.45, 7) is 0.293. The predicted octanol–water partition coefficient (Wildman–Crippen LogP) is 1.64. The minimum Gasteiger partial charge on any atom is -0.408 e. The van der Waals surface area contributed by atoms with Crippen LogP contribution < -0.4 is 10.5 Å². The third kappa shape index (κ3) is 3.10. The maximum Gasteiger partial charge on any atom is 0.417 e. The monoisotopic (exact) mass is 318 g/mol. The zero-order valence-corrected chi connectivity index (χ0v) is 12.4. The van der Waals surface area contributed by atoms with Crippen molar-refractivity contribution in [2.45, 2.75) is 11.3 Å². The van der Waals surface area contributed by atoms with Crippen LogP contribution in [-0.2, 0) is 16.4 Å². The minimum absolute atomic E-state index is 0.0656. The van der Waals surface area contributed by atoms with Gasteiger partial charge in [-0.05, 0) is 24.1 Å². The van der Waals surface area contributed by atoms with Gasteiger partial charge in [-0.1, -0.05) is 30.3 Å².